The molecule has 0 bridgehead atoms. The summed E-state index contributed by atoms with van der Waals surface area (Å²) in [6, 6.07) is 9.09. The van der Waals surface area contributed by atoms with E-state index in [0.717, 1.165) is 6.20 Å². The maximum Gasteiger partial charge on any atom is 0.223 e. The lowest BCUT2D eigenvalue weighted by Crippen LogP contribution is -1.95. The van der Waals surface area contributed by atoms with Gasteiger partial charge in [0.05, 0.1) is 12.1 Å². The van der Waals surface area contributed by atoms with Gasteiger partial charge in [-0.25, -0.2) is 9.37 Å². The number of ether oxygens (including phenoxy) is 1. The van der Waals surface area contributed by atoms with Crippen LogP contribution in [0.1, 0.15) is 30.9 Å². The van der Waals surface area contributed by atoms with Crippen LogP contribution in [0.2, 0.25) is 0 Å². The maximum atomic E-state index is 13.1. The first-order valence-corrected chi connectivity index (χ1v) is 6.62. The van der Waals surface area contributed by atoms with Gasteiger partial charge in [0, 0.05) is 5.56 Å². The van der Waals surface area contributed by atoms with E-state index in [0.29, 0.717) is 23.1 Å². The molecule has 2 nitrogen and oxygen atoms in total. The molecule has 0 spiro atoms. The molecule has 4 heteroatoms. The van der Waals surface area contributed by atoms with E-state index in [1.807, 2.05) is 24.3 Å². The van der Waals surface area contributed by atoms with Crippen molar-refractivity contribution in [3.05, 3.63) is 53.5 Å². The van der Waals surface area contributed by atoms with Gasteiger partial charge in [-0.1, -0.05) is 26.0 Å². The van der Waals surface area contributed by atoms with Gasteiger partial charge in [-0.2, -0.15) is 0 Å². The Hall–Kier alpha value is -1.61. The molecule has 0 saturated carbocycles. The molecule has 2 rings (SSSR count). The summed E-state index contributed by atoms with van der Waals surface area (Å²) in [5.41, 5.74) is 1.71. The largest absolute Gasteiger partial charge is 0.439 e. The molecule has 0 fully saturated rings. The van der Waals surface area contributed by atoms with E-state index in [2.05, 4.69) is 18.8 Å². The normalized spacial score (nSPS) is 10.8. The molecule has 0 aliphatic rings. The molecular formula is C15H15ClFNO. The average molecular weight is 280 g/mol. The summed E-state index contributed by atoms with van der Waals surface area (Å²) in [5, 5.41) is 0. The van der Waals surface area contributed by atoms with Crippen molar-refractivity contribution in [2.75, 3.05) is 0 Å². The number of pyridine rings is 1. The minimum atomic E-state index is -0.418. The molecule has 2 aromatic rings. The van der Waals surface area contributed by atoms with Crippen LogP contribution in [0.25, 0.3) is 0 Å². The average Bonchev–Trinajstić information content (AvgIpc) is 2.41. The van der Waals surface area contributed by atoms with Crippen LogP contribution in [0, 0.1) is 5.82 Å². The molecule has 0 atom stereocenters. The lowest BCUT2D eigenvalue weighted by Gasteiger charge is -2.11. The van der Waals surface area contributed by atoms with E-state index in [1.165, 1.54) is 11.6 Å². The second-order valence-electron chi connectivity index (χ2n) is 4.58. The molecule has 1 aromatic heterocycles. The van der Waals surface area contributed by atoms with Gasteiger partial charge in [-0.3, -0.25) is 0 Å². The van der Waals surface area contributed by atoms with Crippen LogP contribution in [0.3, 0.4) is 0 Å². The highest BCUT2D eigenvalue weighted by Crippen LogP contribution is 2.27. The highest BCUT2D eigenvalue weighted by molar-refractivity contribution is 6.17. The third-order valence-corrected chi connectivity index (χ3v) is 3.06. The number of rotatable bonds is 4. The minimum Gasteiger partial charge on any atom is -0.439 e. The quantitative estimate of drug-likeness (QED) is 0.745. The van der Waals surface area contributed by atoms with Crippen LogP contribution in [0.5, 0.6) is 11.6 Å². The van der Waals surface area contributed by atoms with Crippen molar-refractivity contribution in [3.63, 3.8) is 0 Å². The van der Waals surface area contributed by atoms with Gasteiger partial charge in [0.15, 0.2) is 0 Å². The summed E-state index contributed by atoms with van der Waals surface area (Å²) in [7, 11) is 0. The van der Waals surface area contributed by atoms with E-state index >= 15 is 0 Å². The third-order valence-electron chi connectivity index (χ3n) is 2.78. The first kappa shape index (κ1) is 13.8. The molecule has 0 unspecified atom stereocenters. The Bertz CT molecular complexity index is 572. The highest BCUT2D eigenvalue weighted by atomic mass is 35.5. The number of alkyl halides is 1. The Balaban J connectivity index is 2.28. The Morgan fingerprint density at radius 1 is 1.32 bits per heavy atom. The van der Waals surface area contributed by atoms with Crippen LogP contribution in [-0.4, -0.2) is 4.98 Å². The number of benzene rings is 1. The monoisotopic (exact) mass is 279 g/mol. The van der Waals surface area contributed by atoms with Gasteiger partial charge < -0.3 is 4.74 Å². The summed E-state index contributed by atoms with van der Waals surface area (Å²) in [6.07, 6.45) is 1.12. The fourth-order valence-electron chi connectivity index (χ4n) is 1.71. The molecule has 0 aliphatic heterocycles. The summed E-state index contributed by atoms with van der Waals surface area (Å²) in [4.78, 5) is 3.94. The van der Waals surface area contributed by atoms with Crippen molar-refractivity contribution in [2.24, 2.45) is 0 Å². The second-order valence-corrected chi connectivity index (χ2v) is 4.85. The predicted octanol–water partition coefficient (Wildman–Crippen LogP) is 4.88. The molecule has 0 radical (unpaired) electrons. The lowest BCUT2D eigenvalue weighted by molar-refractivity contribution is 0.453. The zero-order valence-corrected chi connectivity index (χ0v) is 11.6. The Morgan fingerprint density at radius 3 is 2.79 bits per heavy atom. The van der Waals surface area contributed by atoms with Crippen molar-refractivity contribution in [1.29, 1.82) is 0 Å². The van der Waals surface area contributed by atoms with Gasteiger partial charge in [-0.15, -0.1) is 11.6 Å². The fourth-order valence-corrected chi connectivity index (χ4v) is 1.90. The first-order chi connectivity index (χ1) is 9.10. The number of aromatic nitrogens is 1. The van der Waals surface area contributed by atoms with Gasteiger partial charge in [-0.05, 0) is 29.7 Å². The molecule has 0 N–H and O–H groups in total. The van der Waals surface area contributed by atoms with Crippen molar-refractivity contribution >= 4 is 11.6 Å². The molecule has 19 heavy (non-hydrogen) atoms. The predicted molar refractivity (Wildman–Crippen MR) is 74.4 cm³/mol. The summed E-state index contributed by atoms with van der Waals surface area (Å²) < 4.78 is 18.8. The number of hydrogen-bond acceptors (Lipinski definition) is 2. The van der Waals surface area contributed by atoms with Crippen LogP contribution < -0.4 is 4.74 Å². The Labute approximate surface area is 117 Å². The smallest absolute Gasteiger partial charge is 0.223 e. The van der Waals surface area contributed by atoms with Gasteiger partial charge >= 0.3 is 0 Å². The lowest BCUT2D eigenvalue weighted by atomic mass is 10.0. The number of hydrogen-bond donors (Lipinski definition) is 0. The van der Waals surface area contributed by atoms with Crippen LogP contribution in [-0.2, 0) is 5.88 Å². The molecule has 1 heterocycles. The Kier molecular flexibility index (Phi) is 4.38. The summed E-state index contributed by atoms with van der Waals surface area (Å²) in [5.74, 6) is 1.18. The molecule has 0 amide bonds. The highest BCUT2D eigenvalue weighted by Gasteiger charge is 2.08. The van der Waals surface area contributed by atoms with Crippen molar-refractivity contribution in [1.82, 2.24) is 4.98 Å². The molecule has 100 valence electrons. The van der Waals surface area contributed by atoms with Gasteiger partial charge in [0.2, 0.25) is 5.88 Å². The van der Waals surface area contributed by atoms with Gasteiger partial charge in [0.25, 0.3) is 0 Å². The molecule has 0 aliphatic carbocycles. The van der Waals surface area contributed by atoms with Crippen LogP contribution in [0.4, 0.5) is 4.39 Å². The van der Waals surface area contributed by atoms with E-state index in [-0.39, 0.29) is 5.88 Å². The van der Waals surface area contributed by atoms with E-state index in [9.17, 15) is 4.39 Å². The van der Waals surface area contributed by atoms with Crippen LogP contribution in [0.15, 0.2) is 36.5 Å². The topological polar surface area (TPSA) is 22.1 Å². The number of halogens is 2. The van der Waals surface area contributed by atoms with Gasteiger partial charge in [0.1, 0.15) is 11.6 Å². The van der Waals surface area contributed by atoms with E-state index in [1.54, 1.807) is 0 Å². The van der Waals surface area contributed by atoms with Crippen LogP contribution >= 0.6 is 11.6 Å². The van der Waals surface area contributed by atoms with Crippen molar-refractivity contribution < 1.29 is 9.13 Å². The Morgan fingerprint density at radius 2 is 2.11 bits per heavy atom. The maximum absolute atomic E-state index is 13.1. The van der Waals surface area contributed by atoms with E-state index in [4.69, 9.17) is 16.3 Å². The molecule has 1 aromatic carbocycles. The van der Waals surface area contributed by atoms with Crippen molar-refractivity contribution in [2.45, 2.75) is 25.6 Å². The third kappa shape index (κ3) is 3.44. The zero-order chi connectivity index (χ0) is 13.8. The SMILES string of the molecule is CC(C)c1cccc(Oc2ncc(F)cc2CCl)c1. The molecule has 0 saturated heterocycles. The fraction of sp³-hybridized carbons (Fsp3) is 0.267. The second kappa shape index (κ2) is 6.02. The summed E-state index contributed by atoms with van der Waals surface area (Å²) in [6.45, 7) is 4.22. The van der Waals surface area contributed by atoms with E-state index < -0.39 is 5.82 Å². The zero-order valence-electron chi connectivity index (χ0n) is 10.9. The minimum absolute atomic E-state index is 0.157. The number of nitrogens with zero attached hydrogens (tertiary/aromatic N) is 1. The first-order valence-electron chi connectivity index (χ1n) is 6.08. The standard InChI is InChI=1S/C15H15ClFNO/c1-10(2)11-4-3-5-14(7-11)19-15-12(8-16)6-13(17)9-18-15/h3-7,9-10H,8H2,1-2H3. The molecular weight excluding hydrogens is 265 g/mol. The summed E-state index contributed by atoms with van der Waals surface area (Å²) >= 11 is 5.77. The van der Waals surface area contributed by atoms with Crippen molar-refractivity contribution in [3.8, 4) is 11.6 Å².